The van der Waals surface area contributed by atoms with Crippen LogP contribution in [0.4, 0.5) is 5.69 Å². The zero-order valence-electron chi connectivity index (χ0n) is 16.6. The lowest BCUT2D eigenvalue weighted by atomic mass is 10.00. The van der Waals surface area contributed by atoms with Gasteiger partial charge in [-0.1, -0.05) is 36.4 Å². The summed E-state index contributed by atoms with van der Waals surface area (Å²) >= 11 is 7.44. The highest BCUT2D eigenvalue weighted by atomic mass is 35.5. The van der Waals surface area contributed by atoms with E-state index in [2.05, 4.69) is 5.32 Å². The van der Waals surface area contributed by atoms with Gasteiger partial charge in [0.1, 0.15) is 5.58 Å². The molecule has 1 aromatic heterocycles. The van der Waals surface area contributed by atoms with Crippen molar-refractivity contribution < 1.29 is 14.3 Å². The first kappa shape index (κ1) is 21.3. The van der Waals surface area contributed by atoms with Gasteiger partial charge in [-0.05, 0) is 56.4 Å². The van der Waals surface area contributed by atoms with Crippen molar-refractivity contribution in [3.8, 4) is 0 Å². The van der Waals surface area contributed by atoms with Crippen molar-refractivity contribution in [1.29, 1.82) is 0 Å². The van der Waals surface area contributed by atoms with Crippen LogP contribution in [0.25, 0.3) is 11.0 Å². The summed E-state index contributed by atoms with van der Waals surface area (Å²) in [5.41, 5.74) is 3.33. The van der Waals surface area contributed by atoms with Crippen LogP contribution in [0.5, 0.6) is 0 Å². The predicted octanol–water partition coefficient (Wildman–Crippen LogP) is 6.05. The molecule has 0 spiro atoms. The molecule has 3 rings (SSSR count). The molecule has 1 atom stereocenters. The number of nitrogens with one attached hydrogen (secondary N) is 1. The molecule has 0 fully saturated rings. The molecule has 0 saturated heterocycles. The molecule has 2 N–H and O–H groups in total. The lowest BCUT2D eigenvalue weighted by molar-refractivity contribution is 0.0698. The van der Waals surface area contributed by atoms with Crippen LogP contribution in [0.2, 0.25) is 5.02 Å². The van der Waals surface area contributed by atoms with E-state index in [1.54, 1.807) is 19.1 Å². The quantitative estimate of drug-likeness (QED) is 0.462. The van der Waals surface area contributed by atoms with E-state index in [-0.39, 0.29) is 17.0 Å². The monoisotopic (exact) mass is 431 g/mol. The summed E-state index contributed by atoms with van der Waals surface area (Å²) < 4.78 is 6.14. The van der Waals surface area contributed by atoms with E-state index in [0.717, 1.165) is 16.9 Å². The Bertz CT molecular complexity index is 1160. The maximum Gasteiger partial charge on any atom is 0.337 e. The number of halogens is 1. The number of benzene rings is 2. The molecule has 0 aliphatic rings. The highest BCUT2D eigenvalue weighted by Crippen LogP contribution is 2.32. The lowest BCUT2D eigenvalue weighted by Crippen LogP contribution is -2.14. The molecule has 5 nitrogen and oxygen atoms in total. The third-order valence-corrected chi connectivity index (χ3v) is 5.85. The van der Waals surface area contributed by atoms with Crippen molar-refractivity contribution in [1.82, 2.24) is 0 Å². The van der Waals surface area contributed by atoms with E-state index < -0.39 is 5.97 Å². The van der Waals surface area contributed by atoms with Crippen LogP contribution in [0.1, 0.15) is 46.9 Å². The molecular weight excluding hydrogens is 410 g/mol. The maximum atomic E-state index is 12.9. The number of hydrogen-bond donors (Lipinski definition) is 2. The Balaban J connectivity index is 2.14. The molecule has 0 radical (unpaired) electrons. The molecule has 3 aromatic rings. The third-order valence-electron chi connectivity index (χ3n) is 4.67. The second kappa shape index (κ2) is 8.51. The molecule has 2 aromatic carbocycles. The van der Waals surface area contributed by atoms with E-state index in [1.807, 2.05) is 32.9 Å². The molecular formula is C22H22ClNO4S. The number of hydrogen-bond acceptors (Lipinski definition) is 5. The Morgan fingerprint density at radius 2 is 2.00 bits per heavy atom. The number of aromatic carboxylic acids is 1. The van der Waals surface area contributed by atoms with Gasteiger partial charge in [0.05, 0.1) is 17.0 Å². The Labute approximate surface area is 178 Å². The van der Waals surface area contributed by atoms with Crippen molar-refractivity contribution in [2.75, 3.05) is 11.1 Å². The van der Waals surface area contributed by atoms with Crippen LogP contribution in [0.3, 0.4) is 0 Å². The van der Waals surface area contributed by atoms with Crippen LogP contribution >= 0.6 is 23.4 Å². The smallest absolute Gasteiger partial charge is 0.337 e. The van der Waals surface area contributed by atoms with Crippen molar-refractivity contribution in [3.05, 3.63) is 67.8 Å². The zero-order valence-corrected chi connectivity index (χ0v) is 18.2. The summed E-state index contributed by atoms with van der Waals surface area (Å²) in [6, 6.07) is 8.16. The summed E-state index contributed by atoms with van der Waals surface area (Å²) in [5, 5.41) is 14.2. The second-order valence-electron chi connectivity index (χ2n) is 6.87. The summed E-state index contributed by atoms with van der Waals surface area (Å²) in [4.78, 5) is 24.5. The fraction of sp³-hybridized carbons (Fsp3) is 0.273. The average Bonchev–Trinajstić information content (AvgIpc) is 2.67. The minimum Gasteiger partial charge on any atom is -0.478 e. The van der Waals surface area contributed by atoms with Crippen molar-refractivity contribution in [3.63, 3.8) is 0 Å². The van der Waals surface area contributed by atoms with E-state index in [1.165, 1.54) is 17.8 Å². The Hall–Kier alpha value is -2.44. The molecule has 1 heterocycles. The van der Waals surface area contributed by atoms with Crippen LogP contribution in [0.15, 0.2) is 44.6 Å². The SMILES string of the molecule is CCSc1oc2c([C@@H](C)Nc3ccc(Cl)cc3C(=O)O)cc(C)cc2c(=O)c1C. The zero-order chi connectivity index (χ0) is 21.3. The molecule has 0 bridgehead atoms. The van der Waals surface area contributed by atoms with Crippen LogP contribution in [-0.4, -0.2) is 16.8 Å². The standard InChI is InChI=1S/C22H22ClNO4S/c1-5-29-22-12(3)19(25)17-9-11(2)8-15(20(17)28-22)13(4)24-18-7-6-14(23)10-16(18)21(26)27/h6-10,13,24H,5H2,1-4H3,(H,26,27)/t13-/m1/s1. The van der Waals surface area contributed by atoms with Crippen LogP contribution < -0.4 is 10.7 Å². The number of carboxylic acid groups (broad SMARTS) is 1. The van der Waals surface area contributed by atoms with Crippen molar-refractivity contribution in [2.45, 2.75) is 38.8 Å². The van der Waals surface area contributed by atoms with Crippen LogP contribution in [0, 0.1) is 13.8 Å². The third kappa shape index (κ3) is 4.28. The molecule has 0 aliphatic carbocycles. The first-order chi connectivity index (χ1) is 13.7. The van der Waals surface area contributed by atoms with Gasteiger partial charge in [0.2, 0.25) is 0 Å². The van der Waals surface area contributed by atoms with E-state index >= 15 is 0 Å². The molecule has 29 heavy (non-hydrogen) atoms. The number of carboxylic acids is 1. The average molecular weight is 432 g/mol. The Kier molecular flexibility index (Phi) is 6.24. The summed E-state index contributed by atoms with van der Waals surface area (Å²) in [6.07, 6.45) is 0. The van der Waals surface area contributed by atoms with Gasteiger partial charge in [0.15, 0.2) is 10.5 Å². The highest BCUT2D eigenvalue weighted by molar-refractivity contribution is 7.99. The molecule has 0 aliphatic heterocycles. The number of carbonyl (C=O) groups is 1. The molecule has 7 heteroatoms. The topological polar surface area (TPSA) is 79.5 Å². The minimum absolute atomic E-state index is 0.0444. The van der Waals surface area contributed by atoms with E-state index in [4.69, 9.17) is 16.0 Å². The Morgan fingerprint density at radius 1 is 1.28 bits per heavy atom. The minimum atomic E-state index is -1.07. The second-order valence-corrected chi connectivity index (χ2v) is 8.54. The number of rotatable bonds is 6. The predicted molar refractivity (Wildman–Crippen MR) is 119 cm³/mol. The first-order valence-corrected chi connectivity index (χ1v) is 10.6. The van der Waals surface area contributed by atoms with Crippen LogP contribution in [-0.2, 0) is 0 Å². The summed E-state index contributed by atoms with van der Waals surface area (Å²) in [6.45, 7) is 7.60. The largest absolute Gasteiger partial charge is 0.478 e. The first-order valence-electron chi connectivity index (χ1n) is 9.23. The lowest BCUT2D eigenvalue weighted by Gasteiger charge is -2.20. The van der Waals surface area contributed by atoms with Crippen molar-refractivity contribution >= 4 is 46.0 Å². The van der Waals surface area contributed by atoms with Gasteiger partial charge in [-0.25, -0.2) is 4.79 Å². The normalized spacial score (nSPS) is 12.2. The van der Waals surface area contributed by atoms with Gasteiger partial charge in [-0.15, -0.1) is 0 Å². The molecule has 152 valence electrons. The molecule has 0 saturated carbocycles. The molecule has 0 amide bonds. The van der Waals surface area contributed by atoms with Gasteiger partial charge >= 0.3 is 5.97 Å². The number of thioether (sulfide) groups is 1. The van der Waals surface area contributed by atoms with Gasteiger partial charge in [0, 0.05) is 21.8 Å². The maximum absolute atomic E-state index is 12.9. The summed E-state index contributed by atoms with van der Waals surface area (Å²) in [7, 11) is 0. The van der Waals surface area contributed by atoms with Gasteiger partial charge in [-0.2, -0.15) is 0 Å². The van der Waals surface area contributed by atoms with Gasteiger partial charge in [-0.3, -0.25) is 4.79 Å². The fourth-order valence-electron chi connectivity index (χ4n) is 3.27. The number of aryl methyl sites for hydroxylation is 1. The Morgan fingerprint density at radius 3 is 2.66 bits per heavy atom. The molecule has 0 unspecified atom stereocenters. The highest BCUT2D eigenvalue weighted by Gasteiger charge is 2.20. The van der Waals surface area contributed by atoms with Gasteiger partial charge in [0.25, 0.3) is 0 Å². The van der Waals surface area contributed by atoms with Gasteiger partial charge < -0.3 is 14.8 Å². The number of fused-ring (bicyclic) bond motifs is 1. The summed E-state index contributed by atoms with van der Waals surface area (Å²) in [5.74, 6) is -0.281. The fourth-order valence-corrected chi connectivity index (χ4v) is 4.15. The van der Waals surface area contributed by atoms with Crippen molar-refractivity contribution in [2.24, 2.45) is 0 Å². The number of anilines is 1. The van der Waals surface area contributed by atoms with E-state index in [0.29, 0.717) is 32.3 Å². The van der Waals surface area contributed by atoms with E-state index in [9.17, 15) is 14.7 Å².